The van der Waals surface area contributed by atoms with Crippen molar-refractivity contribution < 1.29 is 0 Å². The van der Waals surface area contributed by atoms with Crippen molar-refractivity contribution in [2.75, 3.05) is 27.2 Å². The van der Waals surface area contributed by atoms with Gasteiger partial charge in [-0.25, -0.2) is 0 Å². The Morgan fingerprint density at radius 3 is 2.75 bits per heavy atom. The monoisotopic (exact) mass is 407 g/mol. The average Bonchev–Trinajstić information content (AvgIpc) is 2.81. The number of nitrogens with zero attached hydrogens (tertiary/aromatic N) is 2. The van der Waals surface area contributed by atoms with Crippen LogP contribution in [0.4, 0.5) is 0 Å². The highest BCUT2D eigenvalue weighted by Crippen LogP contribution is 2.50. The highest BCUT2D eigenvalue weighted by Gasteiger charge is 2.45. The Labute approximate surface area is 143 Å². The van der Waals surface area contributed by atoms with Crippen LogP contribution in [0.5, 0.6) is 0 Å². The first-order chi connectivity index (χ1) is 9.03. The van der Waals surface area contributed by atoms with Gasteiger partial charge >= 0.3 is 0 Å². The molecule has 0 aliphatic heterocycles. The van der Waals surface area contributed by atoms with Crippen LogP contribution in [0.2, 0.25) is 0 Å². The minimum atomic E-state index is 0. The van der Waals surface area contributed by atoms with Crippen LogP contribution in [0.1, 0.15) is 25.1 Å². The van der Waals surface area contributed by atoms with Gasteiger partial charge in [0.25, 0.3) is 0 Å². The maximum Gasteiger partial charge on any atom is 0.193 e. The topological polar surface area (TPSA) is 27.6 Å². The second-order valence-corrected chi connectivity index (χ2v) is 7.10. The van der Waals surface area contributed by atoms with Gasteiger partial charge in [-0.2, -0.15) is 0 Å². The molecule has 114 valence electrons. The van der Waals surface area contributed by atoms with E-state index in [1.54, 1.807) is 0 Å². The third-order valence-corrected chi connectivity index (χ3v) is 5.01. The molecule has 0 aromatic carbocycles. The van der Waals surface area contributed by atoms with Gasteiger partial charge in [0.15, 0.2) is 5.96 Å². The summed E-state index contributed by atoms with van der Waals surface area (Å²) in [5.74, 6) is 1.81. The molecule has 1 aliphatic carbocycles. The SMILES string of the molecule is CN=C(NCC1CC1(C)C)N(C)CCc1cccs1.I. The number of aliphatic imine (C=N–C) groups is 1. The van der Waals surface area contributed by atoms with E-state index in [0.29, 0.717) is 5.41 Å². The van der Waals surface area contributed by atoms with Crippen molar-refractivity contribution >= 4 is 41.3 Å². The number of guanidine groups is 1. The van der Waals surface area contributed by atoms with Crippen molar-refractivity contribution in [3.8, 4) is 0 Å². The minimum Gasteiger partial charge on any atom is -0.356 e. The third kappa shape index (κ3) is 4.91. The molecule has 1 aromatic heterocycles. The normalized spacial score (nSPS) is 20.2. The van der Waals surface area contributed by atoms with Gasteiger partial charge in [-0.3, -0.25) is 4.99 Å². The van der Waals surface area contributed by atoms with Gasteiger partial charge < -0.3 is 10.2 Å². The van der Waals surface area contributed by atoms with Crippen molar-refractivity contribution in [1.82, 2.24) is 10.2 Å². The minimum absolute atomic E-state index is 0. The number of likely N-dealkylation sites (N-methyl/N-ethyl adjacent to an activating group) is 1. The van der Waals surface area contributed by atoms with E-state index in [9.17, 15) is 0 Å². The van der Waals surface area contributed by atoms with Gasteiger partial charge in [0, 0.05) is 32.1 Å². The molecule has 1 aliphatic rings. The molecule has 0 amide bonds. The van der Waals surface area contributed by atoms with Gasteiger partial charge in [-0.15, -0.1) is 35.3 Å². The van der Waals surface area contributed by atoms with Crippen molar-refractivity contribution in [1.29, 1.82) is 0 Å². The number of halogens is 1. The lowest BCUT2D eigenvalue weighted by molar-refractivity contribution is 0.475. The second kappa shape index (κ2) is 7.64. The summed E-state index contributed by atoms with van der Waals surface area (Å²) in [4.78, 5) is 8.02. The Balaban J connectivity index is 0.00000200. The molecule has 5 heteroatoms. The molecule has 1 atom stereocenters. The molecule has 0 spiro atoms. The van der Waals surface area contributed by atoms with Crippen molar-refractivity contribution in [3.63, 3.8) is 0 Å². The first-order valence-corrected chi connectivity index (χ1v) is 7.85. The molecule has 1 unspecified atom stereocenters. The largest absolute Gasteiger partial charge is 0.356 e. The van der Waals surface area contributed by atoms with E-state index in [4.69, 9.17) is 0 Å². The highest BCUT2D eigenvalue weighted by atomic mass is 127. The zero-order valence-electron chi connectivity index (χ0n) is 12.8. The highest BCUT2D eigenvalue weighted by molar-refractivity contribution is 14.0. The van der Waals surface area contributed by atoms with Gasteiger partial charge in [0.05, 0.1) is 0 Å². The Bertz CT molecular complexity index is 428. The zero-order chi connectivity index (χ0) is 13.9. The summed E-state index contributed by atoms with van der Waals surface area (Å²) in [5, 5.41) is 5.63. The van der Waals surface area contributed by atoms with Crippen molar-refractivity contribution in [2.45, 2.75) is 26.7 Å². The van der Waals surface area contributed by atoms with E-state index >= 15 is 0 Å². The number of hydrogen-bond acceptors (Lipinski definition) is 2. The van der Waals surface area contributed by atoms with Gasteiger partial charge in [0.2, 0.25) is 0 Å². The first-order valence-electron chi connectivity index (χ1n) is 6.97. The molecule has 20 heavy (non-hydrogen) atoms. The van der Waals surface area contributed by atoms with Crippen LogP contribution >= 0.6 is 35.3 Å². The average molecular weight is 407 g/mol. The zero-order valence-corrected chi connectivity index (χ0v) is 16.0. The maximum absolute atomic E-state index is 4.37. The predicted molar refractivity (Wildman–Crippen MR) is 99.3 cm³/mol. The third-order valence-electron chi connectivity index (χ3n) is 4.07. The number of thiophene rings is 1. The molecule has 0 bridgehead atoms. The number of hydrogen-bond donors (Lipinski definition) is 1. The molecular formula is C15H26IN3S. The van der Waals surface area contributed by atoms with Crippen LogP contribution in [0.3, 0.4) is 0 Å². The molecule has 1 fully saturated rings. The lowest BCUT2D eigenvalue weighted by Crippen LogP contribution is -2.41. The van der Waals surface area contributed by atoms with Gasteiger partial charge in [0.1, 0.15) is 0 Å². The Hall–Kier alpha value is -0.300. The molecule has 2 rings (SSSR count). The predicted octanol–water partition coefficient (Wildman–Crippen LogP) is 3.46. The molecule has 0 radical (unpaired) electrons. The van der Waals surface area contributed by atoms with Gasteiger partial charge in [-0.05, 0) is 35.6 Å². The summed E-state index contributed by atoms with van der Waals surface area (Å²) >= 11 is 1.83. The molecule has 0 saturated heterocycles. The van der Waals surface area contributed by atoms with Crippen molar-refractivity contribution in [3.05, 3.63) is 22.4 Å². The van der Waals surface area contributed by atoms with Gasteiger partial charge in [-0.1, -0.05) is 19.9 Å². The smallest absolute Gasteiger partial charge is 0.193 e. The van der Waals surface area contributed by atoms with Crippen LogP contribution in [0.15, 0.2) is 22.5 Å². The molecule has 1 saturated carbocycles. The summed E-state index contributed by atoms with van der Waals surface area (Å²) in [6.45, 7) is 6.72. The molecule has 1 aromatic rings. The number of rotatable bonds is 5. The molecular weight excluding hydrogens is 381 g/mol. The molecule has 3 nitrogen and oxygen atoms in total. The maximum atomic E-state index is 4.37. The van der Waals surface area contributed by atoms with E-state index in [0.717, 1.165) is 31.4 Å². The number of nitrogens with one attached hydrogen (secondary N) is 1. The summed E-state index contributed by atoms with van der Waals surface area (Å²) in [6, 6.07) is 4.31. The van der Waals surface area contributed by atoms with E-state index in [1.165, 1.54) is 11.3 Å². The fourth-order valence-corrected chi connectivity index (χ4v) is 3.06. The van der Waals surface area contributed by atoms with Crippen molar-refractivity contribution in [2.24, 2.45) is 16.3 Å². The first kappa shape index (κ1) is 17.8. The summed E-state index contributed by atoms with van der Waals surface area (Å²) in [6.07, 6.45) is 2.42. The summed E-state index contributed by atoms with van der Waals surface area (Å²) in [5.41, 5.74) is 0.529. The fourth-order valence-electron chi connectivity index (χ4n) is 2.36. The summed E-state index contributed by atoms with van der Waals surface area (Å²) in [7, 11) is 3.98. The fraction of sp³-hybridized carbons (Fsp3) is 0.667. The Morgan fingerprint density at radius 2 is 2.25 bits per heavy atom. The Kier molecular flexibility index (Phi) is 6.78. The van der Waals surface area contributed by atoms with E-state index in [1.807, 2.05) is 18.4 Å². The van der Waals surface area contributed by atoms with Crippen LogP contribution in [0.25, 0.3) is 0 Å². The van der Waals surface area contributed by atoms with E-state index < -0.39 is 0 Å². The van der Waals surface area contributed by atoms with E-state index in [2.05, 4.69) is 53.6 Å². The molecule has 1 N–H and O–H groups in total. The molecule has 1 heterocycles. The van der Waals surface area contributed by atoms with Crippen LogP contribution in [-0.4, -0.2) is 38.0 Å². The van der Waals surface area contributed by atoms with Crippen LogP contribution in [0, 0.1) is 11.3 Å². The quantitative estimate of drug-likeness (QED) is 0.460. The van der Waals surface area contributed by atoms with E-state index in [-0.39, 0.29) is 24.0 Å². The van der Waals surface area contributed by atoms with Crippen LogP contribution < -0.4 is 5.32 Å². The van der Waals surface area contributed by atoms with Crippen LogP contribution in [-0.2, 0) is 6.42 Å². The summed E-state index contributed by atoms with van der Waals surface area (Å²) < 4.78 is 0. The standard InChI is InChI=1S/C15H25N3S.HI/c1-15(2)10-12(15)11-17-14(16-3)18(4)8-7-13-6-5-9-19-13;/h5-6,9,12H,7-8,10-11H2,1-4H3,(H,16,17);1H. The lowest BCUT2D eigenvalue weighted by Gasteiger charge is -2.22. The Morgan fingerprint density at radius 1 is 1.55 bits per heavy atom. The lowest BCUT2D eigenvalue weighted by atomic mass is 10.1. The second-order valence-electron chi connectivity index (χ2n) is 6.07.